The molecule has 1 aliphatic heterocycles. The number of benzene rings is 2. The first-order valence-electron chi connectivity index (χ1n) is 8.95. The summed E-state index contributed by atoms with van der Waals surface area (Å²) in [6.07, 6.45) is 0. The lowest BCUT2D eigenvalue weighted by Gasteiger charge is -2.17. The molecule has 2 aromatic rings. The van der Waals surface area contributed by atoms with E-state index in [-0.39, 0.29) is 26.6 Å². The number of hydrogen-bond acceptors (Lipinski definition) is 7. The lowest BCUT2D eigenvalue weighted by molar-refractivity contribution is -0.117. The van der Waals surface area contributed by atoms with Crippen molar-refractivity contribution in [2.75, 3.05) is 11.9 Å². The number of carbonyl (C=O) groups excluding carboxylic acids is 3. The van der Waals surface area contributed by atoms with Gasteiger partial charge in [0, 0.05) is 12.6 Å². The lowest BCUT2D eigenvalue weighted by atomic mass is 10.1. The smallest absolute Gasteiger partial charge is 0.269 e. The van der Waals surface area contributed by atoms with Crippen LogP contribution < -0.4 is 10.0 Å². The minimum Gasteiger partial charge on any atom is -0.324 e. The summed E-state index contributed by atoms with van der Waals surface area (Å²) >= 11 is 0. The lowest BCUT2D eigenvalue weighted by Crippen LogP contribution is -2.37. The van der Waals surface area contributed by atoms with Gasteiger partial charge < -0.3 is 5.32 Å². The van der Waals surface area contributed by atoms with Crippen LogP contribution in [-0.4, -0.2) is 45.4 Å². The number of carbonyl (C=O) groups is 3. The summed E-state index contributed by atoms with van der Waals surface area (Å²) < 4.78 is 52.0. The Kier molecular flexibility index (Phi) is 5.63. The Bertz CT molecular complexity index is 1330. The highest BCUT2D eigenvalue weighted by molar-refractivity contribution is 7.90. The Hall–Kier alpha value is -3.25. The van der Waals surface area contributed by atoms with Crippen LogP contribution in [0.2, 0.25) is 0 Å². The Labute approximate surface area is 179 Å². The minimum absolute atomic E-state index is 0.00476. The van der Waals surface area contributed by atoms with Gasteiger partial charge in [-0.15, -0.1) is 0 Å². The number of hydrogen-bond donors (Lipinski definition) is 2. The maximum Gasteiger partial charge on any atom is 0.269 e. The predicted molar refractivity (Wildman–Crippen MR) is 110 cm³/mol. The van der Waals surface area contributed by atoms with Crippen LogP contribution in [0.3, 0.4) is 0 Å². The summed E-state index contributed by atoms with van der Waals surface area (Å²) in [6, 6.07) is 8.34. The molecule has 0 bridgehead atoms. The second-order valence-electron chi connectivity index (χ2n) is 6.96. The molecule has 0 atom stereocenters. The van der Waals surface area contributed by atoms with Gasteiger partial charge in [0.15, 0.2) is 0 Å². The molecular weight excluding hydrogens is 446 g/mol. The van der Waals surface area contributed by atoms with Crippen LogP contribution in [0, 0.1) is 13.8 Å². The second-order valence-corrected chi connectivity index (χ2v) is 10.4. The number of amides is 3. The van der Waals surface area contributed by atoms with E-state index < -0.39 is 44.3 Å². The third-order valence-corrected chi connectivity index (χ3v) is 7.92. The normalized spacial score (nSPS) is 14.8. The van der Waals surface area contributed by atoms with Crippen molar-refractivity contribution >= 4 is 43.5 Å². The Morgan fingerprint density at radius 2 is 1.71 bits per heavy atom. The summed E-state index contributed by atoms with van der Waals surface area (Å²) in [4.78, 5) is 35.8. The van der Waals surface area contributed by atoms with Crippen molar-refractivity contribution in [3.63, 3.8) is 0 Å². The summed E-state index contributed by atoms with van der Waals surface area (Å²) in [5, 5.41) is 2.50. The molecule has 0 saturated carbocycles. The molecular formula is C19H19N3O7S2. The third-order valence-electron chi connectivity index (χ3n) is 4.56. The molecule has 0 unspecified atom stereocenters. The Morgan fingerprint density at radius 3 is 2.32 bits per heavy atom. The van der Waals surface area contributed by atoms with E-state index in [0.29, 0.717) is 9.87 Å². The van der Waals surface area contributed by atoms with Gasteiger partial charge in [0.05, 0.1) is 10.5 Å². The predicted octanol–water partition coefficient (Wildman–Crippen LogP) is 0.911. The molecule has 1 heterocycles. The number of rotatable bonds is 5. The fraction of sp³-hybridized carbons (Fsp3) is 0.211. The highest BCUT2D eigenvalue weighted by atomic mass is 32.2. The fourth-order valence-electron chi connectivity index (χ4n) is 3.17. The van der Waals surface area contributed by atoms with Crippen molar-refractivity contribution in [2.24, 2.45) is 0 Å². The molecule has 164 valence electrons. The van der Waals surface area contributed by atoms with Gasteiger partial charge in [-0.3, -0.25) is 14.4 Å². The zero-order chi connectivity index (χ0) is 23.1. The van der Waals surface area contributed by atoms with Crippen LogP contribution in [0.4, 0.5) is 5.69 Å². The van der Waals surface area contributed by atoms with E-state index in [1.165, 1.54) is 50.2 Å². The van der Waals surface area contributed by atoms with Gasteiger partial charge in [-0.25, -0.2) is 25.9 Å². The number of sulfonamides is 2. The van der Waals surface area contributed by atoms with Crippen LogP contribution >= 0.6 is 0 Å². The van der Waals surface area contributed by atoms with E-state index in [0.717, 1.165) is 6.92 Å². The highest BCUT2D eigenvalue weighted by Gasteiger charge is 2.41. The van der Waals surface area contributed by atoms with E-state index in [2.05, 4.69) is 5.32 Å². The maximum absolute atomic E-state index is 12.6. The zero-order valence-electron chi connectivity index (χ0n) is 16.8. The van der Waals surface area contributed by atoms with Crippen LogP contribution in [0.5, 0.6) is 0 Å². The van der Waals surface area contributed by atoms with Crippen molar-refractivity contribution in [1.29, 1.82) is 0 Å². The molecule has 0 radical (unpaired) electrons. The van der Waals surface area contributed by atoms with Gasteiger partial charge in [0.25, 0.3) is 26.0 Å². The van der Waals surface area contributed by atoms with Crippen molar-refractivity contribution < 1.29 is 31.2 Å². The topological polar surface area (TPSA) is 147 Å². The first kappa shape index (κ1) is 22.4. The molecule has 0 spiro atoms. The van der Waals surface area contributed by atoms with Gasteiger partial charge in [-0.05, 0) is 49.2 Å². The zero-order valence-corrected chi connectivity index (χ0v) is 18.4. The molecule has 0 fully saturated rings. The van der Waals surface area contributed by atoms with Crippen LogP contribution in [0.25, 0.3) is 0 Å². The second kappa shape index (κ2) is 7.78. The number of aryl methyl sites for hydroxylation is 2. The number of nitrogens with zero attached hydrogens (tertiary/aromatic N) is 1. The fourth-order valence-corrected chi connectivity index (χ4v) is 5.99. The van der Waals surface area contributed by atoms with Crippen molar-refractivity contribution in [3.05, 3.63) is 53.1 Å². The molecule has 3 amide bonds. The average Bonchev–Trinajstić information content (AvgIpc) is 2.84. The quantitative estimate of drug-likeness (QED) is 0.667. The number of fused-ring (bicyclic) bond motifs is 1. The van der Waals surface area contributed by atoms with Crippen molar-refractivity contribution in [3.8, 4) is 0 Å². The molecule has 31 heavy (non-hydrogen) atoms. The largest absolute Gasteiger partial charge is 0.324 e. The molecule has 2 N–H and O–H groups in total. The Morgan fingerprint density at radius 1 is 1.06 bits per heavy atom. The summed E-state index contributed by atoms with van der Waals surface area (Å²) in [7, 11) is -8.21. The first-order chi connectivity index (χ1) is 14.3. The third kappa shape index (κ3) is 4.16. The van der Waals surface area contributed by atoms with E-state index >= 15 is 0 Å². The molecule has 0 saturated heterocycles. The first-order valence-corrected chi connectivity index (χ1v) is 11.9. The SMILES string of the molecule is CC(=O)NS(=O)(=O)c1cc(C)c(NC(=O)CN2C(=O)c3ccccc3S2(=O)=O)cc1C. The van der Waals surface area contributed by atoms with Gasteiger partial charge in [-0.1, -0.05) is 12.1 Å². The monoisotopic (exact) mass is 465 g/mol. The van der Waals surface area contributed by atoms with E-state index in [4.69, 9.17) is 0 Å². The van der Waals surface area contributed by atoms with Crippen molar-refractivity contribution in [1.82, 2.24) is 9.03 Å². The van der Waals surface area contributed by atoms with E-state index in [9.17, 15) is 31.2 Å². The number of nitrogens with one attached hydrogen (secondary N) is 2. The van der Waals surface area contributed by atoms with Crippen molar-refractivity contribution in [2.45, 2.75) is 30.6 Å². The standard InChI is InChI=1S/C19H19N3O7S2/c1-11-9-17(30(26,27)21-13(3)23)12(2)8-15(11)20-18(24)10-22-19(25)14-6-4-5-7-16(14)31(22,28)29/h4-9H,10H2,1-3H3,(H,20,24)(H,21,23). The summed E-state index contributed by atoms with van der Waals surface area (Å²) in [5.74, 6) is -2.31. The summed E-state index contributed by atoms with van der Waals surface area (Å²) in [5.41, 5.74) is 0.856. The van der Waals surface area contributed by atoms with Gasteiger partial charge >= 0.3 is 0 Å². The molecule has 0 aromatic heterocycles. The molecule has 2 aromatic carbocycles. The average molecular weight is 466 g/mol. The molecule has 12 heteroatoms. The number of anilines is 1. The van der Waals surface area contributed by atoms with Crippen LogP contribution in [-0.2, 0) is 29.6 Å². The van der Waals surface area contributed by atoms with Gasteiger partial charge in [-0.2, -0.15) is 0 Å². The molecule has 0 aliphatic carbocycles. The Balaban J connectivity index is 1.83. The minimum atomic E-state index is -4.14. The molecule has 1 aliphatic rings. The van der Waals surface area contributed by atoms with Crippen LogP contribution in [0.15, 0.2) is 46.2 Å². The molecule has 3 rings (SSSR count). The summed E-state index contributed by atoms with van der Waals surface area (Å²) in [6.45, 7) is 3.35. The maximum atomic E-state index is 12.6. The van der Waals surface area contributed by atoms with E-state index in [1.54, 1.807) is 0 Å². The molecule has 10 nitrogen and oxygen atoms in total. The van der Waals surface area contributed by atoms with E-state index in [1.807, 2.05) is 4.72 Å². The van der Waals surface area contributed by atoms with Gasteiger partial charge in [0.2, 0.25) is 11.8 Å². The van der Waals surface area contributed by atoms with Crippen LogP contribution in [0.1, 0.15) is 28.4 Å². The highest BCUT2D eigenvalue weighted by Crippen LogP contribution is 2.30. The van der Waals surface area contributed by atoms with Gasteiger partial charge in [0.1, 0.15) is 11.4 Å².